The lowest BCUT2D eigenvalue weighted by Gasteiger charge is -2.33. The smallest absolute Gasteiger partial charge is 0.145 e. The molecule has 0 aliphatic heterocycles. The minimum atomic E-state index is -0.355. The van der Waals surface area contributed by atoms with Gasteiger partial charge in [0.1, 0.15) is 17.7 Å². The van der Waals surface area contributed by atoms with E-state index in [1.807, 2.05) is 0 Å². The highest BCUT2D eigenvalue weighted by atomic mass is 19.1. The molecule has 1 unspecified atom stereocenters. The summed E-state index contributed by atoms with van der Waals surface area (Å²) in [7, 11) is 3.35. The molecule has 1 saturated carbocycles. The van der Waals surface area contributed by atoms with Gasteiger partial charge in [0.05, 0.1) is 17.9 Å². The highest BCUT2D eigenvalue weighted by molar-refractivity contribution is 5.52. The van der Waals surface area contributed by atoms with Gasteiger partial charge in [0, 0.05) is 39.5 Å². The third-order valence-corrected chi connectivity index (χ3v) is 3.51. The number of nitrogen functional groups attached to an aromatic ring is 1. The first-order valence-electron chi connectivity index (χ1n) is 6.39. The Morgan fingerprint density at radius 2 is 1.63 bits per heavy atom. The Labute approximate surface area is 112 Å². The molecule has 5 heteroatoms. The van der Waals surface area contributed by atoms with E-state index in [9.17, 15) is 4.39 Å². The van der Waals surface area contributed by atoms with Crippen molar-refractivity contribution in [2.24, 2.45) is 0 Å². The fraction of sp³-hybridized carbons (Fsp3) is 0.571. The number of methoxy groups -OCH3 is 2. The van der Waals surface area contributed by atoms with Gasteiger partial charge in [0.15, 0.2) is 0 Å². The summed E-state index contributed by atoms with van der Waals surface area (Å²) in [6, 6.07) is 4.14. The van der Waals surface area contributed by atoms with Crippen molar-refractivity contribution in [1.82, 2.24) is 0 Å². The average Bonchev–Trinajstić information content (AvgIpc) is 2.42. The van der Waals surface area contributed by atoms with Gasteiger partial charge in [-0.3, -0.25) is 0 Å². The van der Waals surface area contributed by atoms with E-state index in [0.717, 1.165) is 19.3 Å². The number of hydrogen-bond donors (Lipinski definition) is 1. The molecule has 1 aromatic carbocycles. The molecule has 1 aliphatic carbocycles. The van der Waals surface area contributed by atoms with E-state index in [-0.39, 0.29) is 24.1 Å². The van der Waals surface area contributed by atoms with Crippen molar-refractivity contribution in [3.8, 4) is 5.75 Å². The van der Waals surface area contributed by atoms with Crippen LogP contribution < -0.4 is 10.5 Å². The van der Waals surface area contributed by atoms with Crippen LogP contribution in [0.5, 0.6) is 5.75 Å². The second kappa shape index (κ2) is 6.21. The van der Waals surface area contributed by atoms with E-state index in [1.54, 1.807) is 14.2 Å². The number of ether oxygens (including phenoxy) is 3. The first kappa shape index (κ1) is 14.1. The molecule has 3 atom stereocenters. The molecule has 0 amide bonds. The number of hydrogen-bond acceptors (Lipinski definition) is 4. The molecule has 0 bridgehead atoms. The summed E-state index contributed by atoms with van der Waals surface area (Å²) in [5.41, 5.74) is 6.23. The van der Waals surface area contributed by atoms with Crippen LogP contribution in [0.3, 0.4) is 0 Å². The molecule has 106 valence electrons. The van der Waals surface area contributed by atoms with E-state index in [2.05, 4.69) is 0 Å². The molecule has 0 aromatic heterocycles. The minimum absolute atomic E-state index is 0.0762. The van der Waals surface area contributed by atoms with Crippen molar-refractivity contribution in [2.45, 2.75) is 37.6 Å². The highest BCUT2D eigenvalue weighted by Gasteiger charge is 2.30. The van der Waals surface area contributed by atoms with Crippen LogP contribution in [0.15, 0.2) is 18.2 Å². The topological polar surface area (TPSA) is 53.7 Å². The predicted molar refractivity (Wildman–Crippen MR) is 70.7 cm³/mol. The van der Waals surface area contributed by atoms with Crippen molar-refractivity contribution in [3.05, 3.63) is 24.0 Å². The molecular weight excluding hydrogens is 249 g/mol. The summed E-state index contributed by atoms with van der Waals surface area (Å²) in [4.78, 5) is 0. The number of anilines is 1. The molecule has 1 fully saturated rings. The van der Waals surface area contributed by atoms with Gasteiger partial charge in [-0.15, -0.1) is 0 Å². The summed E-state index contributed by atoms with van der Waals surface area (Å²) >= 11 is 0. The summed E-state index contributed by atoms with van der Waals surface area (Å²) in [6.07, 6.45) is 2.48. The predicted octanol–water partition coefficient (Wildman–Crippen LogP) is 2.37. The van der Waals surface area contributed by atoms with E-state index >= 15 is 0 Å². The van der Waals surface area contributed by atoms with Crippen LogP contribution in [0.2, 0.25) is 0 Å². The van der Waals surface area contributed by atoms with Gasteiger partial charge in [-0.25, -0.2) is 4.39 Å². The van der Waals surface area contributed by atoms with Crippen molar-refractivity contribution in [2.75, 3.05) is 20.0 Å². The molecule has 1 aliphatic rings. The molecular formula is C14H20FNO3. The van der Waals surface area contributed by atoms with Crippen molar-refractivity contribution < 1.29 is 18.6 Å². The molecule has 1 aromatic rings. The van der Waals surface area contributed by atoms with E-state index in [1.165, 1.54) is 18.2 Å². The number of nitrogens with two attached hydrogens (primary N) is 1. The number of rotatable bonds is 4. The Morgan fingerprint density at radius 1 is 1.05 bits per heavy atom. The molecule has 2 rings (SSSR count). The maximum atomic E-state index is 13.2. The van der Waals surface area contributed by atoms with Gasteiger partial charge in [0.2, 0.25) is 0 Å². The minimum Gasteiger partial charge on any atom is -0.488 e. The van der Waals surface area contributed by atoms with Crippen LogP contribution in [0.25, 0.3) is 0 Å². The zero-order chi connectivity index (χ0) is 13.8. The lowest BCUT2D eigenvalue weighted by molar-refractivity contribution is -0.0498. The van der Waals surface area contributed by atoms with Gasteiger partial charge in [0.25, 0.3) is 0 Å². The SMILES string of the molecule is CO[C@@H]1CC(Oc2cc(F)ccc2N)C[C@H](OC)C1. The average molecular weight is 269 g/mol. The second-order valence-electron chi connectivity index (χ2n) is 4.84. The lowest BCUT2D eigenvalue weighted by atomic mass is 9.92. The van der Waals surface area contributed by atoms with E-state index < -0.39 is 0 Å². The molecule has 0 saturated heterocycles. The zero-order valence-corrected chi connectivity index (χ0v) is 11.3. The molecule has 0 radical (unpaired) electrons. The van der Waals surface area contributed by atoms with Crippen molar-refractivity contribution >= 4 is 5.69 Å². The Morgan fingerprint density at radius 3 is 2.21 bits per heavy atom. The quantitative estimate of drug-likeness (QED) is 0.853. The third-order valence-electron chi connectivity index (χ3n) is 3.51. The van der Waals surface area contributed by atoms with E-state index in [0.29, 0.717) is 11.4 Å². The van der Waals surface area contributed by atoms with Crippen LogP contribution in [0, 0.1) is 5.82 Å². The van der Waals surface area contributed by atoms with Crippen LogP contribution in [-0.2, 0) is 9.47 Å². The number of benzene rings is 1. The fourth-order valence-corrected chi connectivity index (χ4v) is 2.44. The summed E-state index contributed by atoms with van der Waals surface area (Å²) in [5.74, 6) is 0.0307. The first-order valence-corrected chi connectivity index (χ1v) is 6.39. The molecule has 0 heterocycles. The van der Waals surface area contributed by atoms with E-state index in [4.69, 9.17) is 19.9 Å². The van der Waals surface area contributed by atoms with Gasteiger partial charge in [-0.05, 0) is 12.1 Å². The molecule has 2 N–H and O–H groups in total. The Bertz CT molecular complexity index is 415. The molecule has 0 spiro atoms. The third kappa shape index (κ3) is 3.58. The Balaban J connectivity index is 2.06. The van der Waals surface area contributed by atoms with Gasteiger partial charge < -0.3 is 19.9 Å². The fourth-order valence-electron chi connectivity index (χ4n) is 2.44. The Kier molecular flexibility index (Phi) is 4.61. The summed E-state index contributed by atoms with van der Waals surface area (Å²) in [5, 5.41) is 0. The summed E-state index contributed by atoms with van der Waals surface area (Å²) < 4.78 is 29.8. The molecule has 19 heavy (non-hydrogen) atoms. The maximum absolute atomic E-state index is 13.2. The monoisotopic (exact) mass is 269 g/mol. The second-order valence-corrected chi connectivity index (χ2v) is 4.84. The molecule has 4 nitrogen and oxygen atoms in total. The van der Waals surface area contributed by atoms with Crippen LogP contribution in [0.1, 0.15) is 19.3 Å². The van der Waals surface area contributed by atoms with Gasteiger partial charge in [-0.1, -0.05) is 0 Å². The summed E-state index contributed by atoms with van der Waals surface area (Å²) in [6.45, 7) is 0. The Hall–Kier alpha value is -1.33. The lowest BCUT2D eigenvalue weighted by Crippen LogP contribution is -2.38. The van der Waals surface area contributed by atoms with Crippen LogP contribution in [-0.4, -0.2) is 32.5 Å². The van der Waals surface area contributed by atoms with Gasteiger partial charge in [-0.2, -0.15) is 0 Å². The van der Waals surface area contributed by atoms with Crippen molar-refractivity contribution in [1.29, 1.82) is 0 Å². The van der Waals surface area contributed by atoms with Crippen molar-refractivity contribution in [3.63, 3.8) is 0 Å². The standard InChI is InChI=1S/C14H20FNO3/c1-17-10-6-11(18-2)8-12(7-10)19-14-5-9(15)3-4-13(14)16/h3-5,10-12H,6-8,16H2,1-2H3/t10-,11+,12?. The first-order chi connectivity index (χ1) is 9.12. The van der Waals surface area contributed by atoms with Crippen LogP contribution in [0.4, 0.5) is 10.1 Å². The zero-order valence-electron chi connectivity index (χ0n) is 11.3. The largest absolute Gasteiger partial charge is 0.488 e. The maximum Gasteiger partial charge on any atom is 0.145 e. The number of halogens is 1. The van der Waals surface area contributed by atoms with Gasteiger partial charge >= 0.3 is 0 Å². The van der Waals surface area contributed by atoms with Crippen LogP contribution >= 0.6 is 0 Å². The highest BCUT2D eigenvalue weighted by Crippen LogP contribution is 2.30. The normalized spacial score (nSPS) is 27.2.